The van der Waals surface area contributed by atoms with Gasteiger partial charge in [-0.05, 0) is 12.5 Å². The normalized spacial score (nSPS) is 10.1. The van der Waals surface area contributed by atoms with Crippen LogP contribution in [0.5, 0.6) is 0 Å². The topological polar surface area (TPSA) is 33.5 Å². The third-order valence-corrected chi connectivity index (χ3v) is 2.07. The van der Waals surface area contributed by atoms with Crippen molar-refractivity contribution in [3.63, 3.8) is 0 Å². The van der Waals surface area contributed by atoms with E-state index in [1.807, 2.05) is 6.92 Å². The summed E-state index contributed by atoms with van der Waals surface area (Å²) >= 11 is 5.62. The Balaban J connectivity index is 2.63. The highest BCUT2D eigenvalue weighted by Crippen LogP contribution is 2.06. The van der Waals surface area contributed by atoms with Crippen LogP contribution < -0.4 is 0 Å². The minimum Gasteiger partial charge on any atom is -0.472 e. The Hall–Kier alpha value is -0.960. The zero-order valence-corrected chi connectivity index (χ0v) is 8.96. The molecule has 0 N–H and O–H groups in total. The number of furan rings is 1. The van der Waals surface area contributed by atoms with E-state index in [-0.39, 0.29) is 5.91 Å². The Morgan fingerprint density at radius 3 is 2.86 bits per heavy atom. The first-order valence-electron chi connectivity index (χ1n) is 4.67. The van der Waals surface area contributed by atoms with Crippen molar-refractivity contribution in [2.45, 2.75) is 13.3 Å². The molecule has 0 saturated heterocycles. The maximum atomic E-state index is 11.8. The van der Waals surface area contributed by atoms with Crippen LogP contribution in [0, 0.1) is 0 Å². The molecule has 0 fully saturated rings. The Morgan fingerprint density at radius 2 is 2.36 bits per heavy atom. The van der Waals surface area contributed by atoms with E-state index < -0.39 is 0 Å². The minimum absolute atomic E-state index is 0.0127. The molecular weight excluding hydrogens is 202 g/mol. The van der Waals surface area contributed by atoms with Gasteiger partial charge in [0, 0.05) is 19.0 Å². The van der Waals surface area contributed by atoms with Crippen molar-refractivity contribution in [1.29, 1.82) is 0 Å². The van der Waals surface area contributed by atoms with Crippen LogP contribution in [0.2, 0.25) is 0 Å². The van der Waals surface area contributed by atoms with E-state index in [4.69, 9.17) is 16.0 Å². The van der Waals surface area contributed by atoms with Gasteiger partial charge in [-0.2, -0.15) is 0 Å². The number of hydrogen-bond donors (Lipinski definition) is 0. The molecule has 0 aliphatic heterocycles. The predicted octanol–water partition coefficient (Wildman–Crippen LogP) is 2.37. The molecule has 0 radical (unpaired) electrons. The molecule has 1 aromatic rings. The van der Waals surface area contributed by atoms with Crippen molar-refractivity contribution >= 4 is 17.5 Å². The molecule has 3 nitrogen and oxygen atoms in total. The lowest BCUT2D eigenvalue weighted by atomic mass is 10.3. The molecule has 0 aromatic carbocycles. The average molecular weight is 216 g/mol. The van der Waals surface area contributed by atoms with Crippen LogP contribution in [-0.4, -0.2) is 29.8 Å². The summed E-state index contributed by atoms with van der Waals surface area (Å²) in [5, 5.41) is 0. The molecule has 14 heavy (non-hydrogen) atoms. The fourth-order valence-electron chi connectivity index (χ4n) is 1.26. The molecule has 0 unspecified atom stereocenters. The highest BCUT2D eigenvalue weighted by molar-refractivity contribution is 6.18. The van der Waals surface area contributed by atoms with Gasteiger partial charge in [0.1, 0.15) is 6.26 Å². The summed E-state index contributed by atoms with van der Waals surface area (Å²) in [5.74, 6) is 0.449. The Bertz CT molecular complexity index is 266. The Kier molecular flexibility index (Phi) is 4.53. The monoisotopic (exact) mass is 215 g/mol. The zero-order chi connectivity index (χ0) is 10.4. The molecule has 1 amide bonds. The van der Waals surface area contributed by atoms with Gasteiger partial charge in [0.25, 0.3) is 5.91 Å². The second-order valence-corrected chi connectivity index (χ2v) is 3.37. The van der Waals surface area contributed by atoms with E-state index in [1.54, 1.807) is 11.0 Å². The largest absolute Gasteiger partial charge is 0.472 e. The zero-order valence-electron chi connectivity index (χ0n) is 8.20. The number of carbonyl (C=O) groups excluding carboxylic acids is 1. The first-order valence-corrected chi connectivity index (χ1v) is 5.20. The molecule has 4 heteroatoms. The molecule has 0 saturated carbocycles. The molecule has 1 heterocycles. The van der Waals surface area contributed by atoms with E-state index in [0.717, 1.165) is 13.0 Å². The van der Waals surface area contributed by atoms with Gasteiger partial charge in [-0.3, -0.25) is 4.79 Å². The van der Waals surface area contributed by atoms with Crippen molar-refractivity contribution in [3.05, 3.63) is 24.2 Å². The third kappa shape index (κ3) is 2.77. The van der Waals surface area contributed by atoms with Gasteiger partial charge in [-0.15, -0.1) is 11.6 Å². The molecule has 78 valence electrons. The van der Waals surface area contributed by atoms with Gasteiger partial charge >= 0.3 is 0 Å². The number of halogens is 1. The standard InChI is InChI=1S/C10H14ClNO2/c1-2-5-12(6-4-11)10(13)9-3-7-14-8-9/h3,7-8H,2,4-6H2,1H3. The first kappa shape index (κ1) is 11.1. The van der Waals surface area contributed by atoms with Crippen LogP contribution >= 0.6 is 11.6 Å². The van der Waals surface area contributed by atoms with Crippen molar-refractivity contribution in [2.75, 3.05) is 19.0 Å². The number of hydrogen-bond acceptors (Lipinski definition) is 2. The summed E-state index contributed by atoms with van der Waals surface area (Å²) < 4.78 is 4.86. The van der Waals surface area contributed by atoms with Crippen LogP contribution in [0.4, 0.5) is 0 Å². The number of nitrogens with zero attached hydrogens (tertiary/aromatic N) is 1. The van der Waals surface area contributed by atoms with Gasteiger partial charge in [0.05, 0.1) is 11.8 Å². The third-order valence-electron chi connectivity index (χ3n) is 1.90. The van der Waals surface area contributed by atoms with Gasteiger partial charge in [0.15, 0.2) is 0 Å². The number of carbonyl (C=O) groups is 1. The highest BCUT2D eigenvalue weighted by Gasteiger charge is 2.14. The minimum atomic E-state index is -0.0127. The summed E-state index contributed by atoms with van der Waals surface area (Å²) in [6.07, 6.45) is 3.89. The van der Waals surface area contributed by atoms with E-state index >= 15 is 0 Å². The fraction of sp³-hybridized carbons (Fsp3) is 0.500. The number of amides is 1. The van der Waals surface area contributed by atoms with Crippen LogP contribution in [0.1, 0.15) is 23.7 Å². The van der Waals surface area contributed by atoms with Crippen molar-refractivity contribution in [1.82, 2.24) is 4.90 Å². The van der Waals surface area contributed by atoms with E-state index in [0.29, 0.717) is 18.0 Å². The molecule has 0 bridgehead atoms. The van der Waals surface area contributed by atoms with Gasteiger partial charge < -0.3 is 9.32 Å². The quantitative estimate of drug-likeness (QED) is 0.707. The van der Waals surface area contributed by atoms with Crippen LogP contribution in [0.25, 0.3) is 0 Å². The predicted molar refractivity (Wildman–Crippen MR) is 55.6 cm³/mol. The molecule has 0 aliphatic carbocycles. The van der Waals surface area contributed by atoms with Crippen LogP contribution in [0.15, 0.2) is 23.0 Å². The van der Waals surface area contributed by atoms with E-state index in [1.165, 1.54) is 12.5 Å². The lowest BCUT2D eigenvalue weighted by Crippen LogP contribution is -2.33. The maximum absolute atomic E-state index is 11.8. The van der Waals surface area contributed by atoms with Crippen LogP contribution in [-0.2, 0) is 0 Å². The molecule has 0 aliphatic rings. The van der Waals surface area contributed by atoms with E-state index in [2.05, 4.69) is 0 Å². The molecular formula is C10H14ClNO2. The summed E-state index contributed by atoms with van der Waals surface area (Å²) in [4.78, 5) is 13.5. The molecule has 0 spiro atoms. The van der Waals surface area contributed by atoms with Crippen LogP contribution in [0.3, 0.4) is 0 Å². The molecule has 1 rings (SSSR count). The smallest absolute Gasteiger partial charge is 0.257 e. The lowest BCUT2D eigenvalue weighted by molar-refractivity contribution is 0.0765. The van der Waals surface area contributed by atoms with Gasteiger partial charge in [-0.25, -0.2) is 0 Å². The SMILES string of the molecule is CCCN(CCCl)C(=O)c1ccoc1. The second kappa shape index (κ2) is 5.70. The highest BCUT2D eigenvalue weighted by atomic mass is 35.5. The maximum Gasteiger partial charge on any atom is 0.257 e. The summed E-state index contributed by atoms with van der Waals surface area (Å²) in [6.45, 7) is 3.35. The molecule has 0 atom stereocenters. The van der Waals surface area contributed by atoms with Gasteiger partial charge in [0.2, 0.25) is 0 Å². The Labute approximate surface area is 88.6 Å². The number of alkyl halides is 1. The summed E-state index contributed by atoms with van der Waals surface area (Å²) in [6, 6.07) is 1.67. The molecule has 1 aromatic heterocycles. The van der Waals surface area contributed by atoms with Crippen molar-refractivity contribution in [3.8, 4) is 0 Å². The average Bonchev–Trinajstić information content (AvgIpc) is 2.69. The first-order chi connectivity index (χ1) is 6.79. The summed E-state index contributed by atoms with van der Waals surface area (Å²) in [7, 11) is 0. The lowest BCUT2D eigenvalue weighted by Gasteiger charge is -2.19. The van der Waals surface area contributed by atoms with Crippen molar-refractivity contribution < 1.29 is 9.21 Å². The van der Waals surface area contributed by atoms with Crippen molar-refractivity contribution in [2.24, 2.45) is 0 Å². The Morgan fingerprint density at radius 1 is 1.57 bits per heavy atom. The number of rotatable bonds is 5. The second-order valence-electron chi connectivity index (χ2n) is 2.99. The summed E-state index contributed by atoms with van der Waals surface area (Å²) in [5.41, 5.74) is 0.587. The fourth-order valence-corrected chi connectivity index (χ4v) is 1.46. The van der Waals surface area contributed by atoms with E-state index in [9.17, 15) is 4.79 Å². The van der Waals surface area contributed by atoms with Gasteiger partial charge in [-0.1, -0.05) is 6.92 Å².